The molecule has 1 aliphatic carbocycles. The summed E-state index contributed by atoms with van der Waals surface area (Å²) in [5, 5.41) is 3.51. The number of aromatic nitrogens is 1. The number of likely N-dealkylation sites (N-methyl/N-ethyl adjacent to an activating group) is 1. The lowest BCUT2D eigenvalue weighted by atomic mass is 9.96. The highest BCUT2D eigenvalue weighted by atomic mass is 15.2. The molecule has 0 amide bonds. The van der Waals surface area contributed by atoms with Gasteiger partial charge in [0.25, 0.3) is 0 Å². The maximum atomic E-state index is 5.36. The molecule has 5 nitrogen and oxygen atoms in total. The Labute approximate surface area is 109 Å². The van der Waals surface area contributed by atoms with Crippen molar-refractivity contribution < 1.29 is 0 Å². The van der Waals surface area contributed by atoms with Gasteiger partial charge in [0.05, 0.1) is 0 Å². The summed E-state index contributed by atoms with van der Waals surface area (Å²) < 4.78 is 0. The van der Waals surface area contributed by atoms with Crippen molar-refractivity contribution in [3.05, 3.63) is 18.3 Å². The van der Waals surface area contributed by atoms with Crippen LogP contribution in [0.4, 0.5) is 11.5 Å². The van der Waals surface area contributed by atoms with Crippen molar-refractivity contribution in [2.75, 3.05) is 31.4 Å². The number of pyridine rings is 1. The number of nitrogens with zero attached hydrogens (tertiary/aromatic N) is 2. The maximum Gasteiger partial charge on any atom is 0.141 e. The van der Waals surface area contributed by atoms with Crippen molar-refractivity contribution in [1.82, 2.24) is 9.88 Å². The first-order valence-corrected chi connectivity index (χ1v) is 6.50. The lowest BCUT2D eigenvalue weighted by Gasteiger charge is -2.36. The van der Waals surface area contributed by atoms with Crippen molar-refractivity contribution in [1.29, 1.82) is 0 Å². The zero-order valence-electron chi connectivity index (χ0n) is 11.2. The molecule has 1 aliphatic rings. The van der Waals surface area contributed by atoms with Gasteiger partial charge in [0.15, 0.2) is 0 Å². The number of hydrogen-bond donors (Lipinski definition) is 3. The second-order valence-corrected chi connectivity index (χ2v) is 5.25. The minimum Gasteiger partial charge on any atom is -0.383 e. The number of nitrogen functional groups attached to an aromatic ring is 1. The third-order valence-electron chi connectivity index (χ3n) is 4.01. The Hall–Kier alpha value is -1.33. The molecule has 0 aliphatic heterocycles. The topological polar surface area (TPSA) is 66.2 Å². The van der Waals surface area contributed by atoms with Crippen LogP contribution in [0.5, 0.6) is 0 Å². The quantitative estimate of drug-likeness (QED) is 0.547. The van der Waals surface area contributed by atoms with E-state index < -0.39 is 0 Å². The number of nitrogens with one attached hydrogen (secondary N) is 2. The number of rotatable bonds is 5. The van der Waals surface area contributed by atoms with E-state index in [4.69, 9.17) is 5.84 Å². The van der Waals surface area contributed by atoms with E-state index in [2.05, 4.69) is 34.7 Å². The predicted octanol–water partition coefficient (Wildman–Crippen LogP) is 1.65. The van der Waals surface area contributed by atoms with E-state index in [9.17, 15) is 0 Å². The van der Waals surface area contributed by atoms with Gasteiger partial charge in [-0.25, -0.2) is 10.8 Å². The SMILES string of the molecule is CN(C)C1(CNc2ccnc(NN)c2)CCCC1. The minimum absolute atomic E-state index is 0.291. The first-order chi connectivity index (χ1) is 8.66. The Morgan fingerprint density at radius 3 is 2.72 bits per heavy atom. The number of hydrazine groups is 1. The van der Waals surface area contributed by atoms with Crippen LogP contribution < -0.4 is 16.6 Å². The van der Waals surface area contributed by atoms with Crippen LogP contribution in [0.2, 0.25) is 0 Å². The van der Waals surface area contributed by atoms with Crippen LogP contribution >= 0.6 is 0 Å². The predicted molar refractivity (Wildman–Crippen MR) is 75.4 cm³/mol. The standard InChI is InChI=1S/C13H23N5/c1-18(2)13(6-3-4-7-13)10-16-11-5-8-15-12(9-11)17-14/h5,8-9H,3-4,6-7,10,14H2,1-2H3,(H2,15,16,17). The molecule has 0 radical (unpaired) electrons. The van der Waals surface area contributed by atoms with E-state index in [1.807, 2.05) is 12.1 Å². The van der Waals surface area contributed by atoms with Crippen LogP contribution in [0.1, 0.15) is 25.7 Å². The second kappa shape index (κ2) is 5.54. The van der Waals surface area contributed by atoms with E-state index in [-0.39, 0.29) is 0 Å². The van der Waals surface area contributed by atoms with Gasteiger partial charge in [-0.05, 0) is 33.0 Å². The third kappa shape index (κ3) is 2.73. The summed E-state index contributed by atoms with van der Waals surface area (Å²) in [6, 6.07) is 3.90. The molecule has 4 N–H and O–H groups in total. The fraction of sp³-hybridized carbons (Fsp3) is 0.615. The van der Waals surface area contributed by atoms with Crippen LogP contribution in [0.25, 0.3) is 0 Å². The van der Waals surface area contributed by atoms with Gasteiger partial charge in [-0.1, -0.05) is 12.8 Å². The van der Waals surface area contributed by atoms with E-state index >= 15 is 0 Å². The van der Waals surface area contributed by atoms with Gasteiger partial charge in [0, 0.05) is 30.0 Å². The average molecular weight is 249 g/mol. The highest BCUT2D eigenvalue weighted by Crippen LogP contribution is 2.33. The van der Waals surface area contributed by atoms with Crippen molar-refractivity contribution >= 4 is 11.5 Å². The van der Waals surface area contributed by atoms with E-state index in [0.29, 0.717) is 11.4 Å². The van der Waals surface area contributed by atoms with Gasteiger partial charge in [-0.3, -0.25) is 0 Å². The summed E-state index contributed by atoms with van der Waals surface area (Å²) >= 11 is 0. The van der Waals surface area contributed by atoms with Crippen molar-refractivity contribution in [3.63, 3.8) is 0 Å². The molecule has 0 bridgehead atoms. The molecule has 1 aromatic rings. The highest BCUT2D eigenvalue weighted by molar-refractivity contribution is 5.51. The summed E-state index contributed by atoms with van der Waals surface area (Å²) in [7, 11) is 4.35. The van der Waals surface area contributed by atoms with Gasteiger partial charge < -0.3 is 15.6 Å². The Balaban J connectivity index is 2.01. The summed E-state index contributed by atoms with van der Waals surface area (Å²) in [5.41, 5.74) is 3.92. The van der Waals surface area contributed by atoms with Gasteiger partial charge in [-0.15, -0.1) is 0 Å². The molecule has 100 valence electrons. The van der Waals surface area contributed by atoms with Crippen LogP contribution in [-0.4, -0.2) is 36.1 Å². The molecule has 18 heavy (non-hydrogen) atoms. The van der Waals surface area contributed by atoms with Gasteiger partial charge >= 0.3 is 0 Å². The van der Waals surface area contributed by atoms with E-state index in [0.717, 1.165) is 12.2 Å². The fourth-order valence-corrected chi connectivity index (χ4v) is 2.70. The molecule has 1 saturated carbocycles. The zero-order valence-corrected chi connectivity index (χ0v) is 11.2. The molecule has 5 heteroatoms. The second-order valence-electron chi connectivity index (χ2n) is 5.25. The molecule has 1 heterocycles. The molecule has 0 aromatic carbocycles. The van der Waals surface area contributed by atoms with E-state index in [1.165, 1.54) is 25.7 Å². The number of hydrogen-bond acceptors (Lipinski definition) is 5. The Morgan fingerprint density at radius 2 is 2.11 bits per heavy atom. The molecular weight excluding hydrogens is 226 g/mol. The largest absolute Gasteiger partial charge is 0.383 e. The Kier molecular flexibility index (Phi) is 4.04. The average Bonchev–Trinajstić information content (AvgIpc) is 2.87. The van der Waals surface area contributed by atoms with Crippen molar-refractivity contribution in [3.8, 4) is 0 Å². The summed E-state index contributed by atoms with van der Waals surface area (Å²) in [5.74, 6) is 6.05. The zero-order chi connectivity index (χ0) is 13.0. The van der Waals surface area contributed by atoms with Crippen molar-refractivity contribution in [2.24, 2.45) is 5.84 Å². The molecule has 0 saturated heterocycles. The fourth-order valence-electron chi connectivity index (χ4n) is 2.70. The first-order valence-electron chi connectivity index (χ1n) is 6.50. The van der Waals surface area contributed by atoms with E-state index in [1.54, 1.807) is 6.20 Å². The molecule has 0 atom stereocenters. The van der Waals surface area contributed by atoms with Crippen LogP contribution in [0, 0.1) is 0 Å². The molecule has 1 aromatic heterocycles. The molecular formula is C13H23N5. The molecule has 0 unspecified atom stereocenters. The lowest BCUT2D eigenvalue weighted by Crippen LogP contribution is -2.47. The van der Waals surface area contributed by atoms with Gasteiger partial charge in [0.1, 0.15) is 5.82 Å². The molecule has 1 fully saturated rings. The normalized spacial score (nSPS) is 18.0. The summed E-state index contributed by atoms with van der Waals surface area (Å²) in [4.78, 5) is 6.46. The van der Waals surface area contributed by atoms with Gasteiger partial charge in [-0.2, -0.15) is 0 Å². The van der Waals surface area contributed by atoms with Crippen molar-refractivity contribution in [2.45, 2.75) is 31.2 Å². The third-order valence-corrected chi connectivity index (χ3v) is 4.01. The summed E-state index contributed by atoms with van der Waals surface area (Å²) in [6.45, 7) is 0.966. The van der Waals surface area contributed by atoms with Gasteiger partial charge in [0.2, 0.25) is 0 Å². The Bertz CT molecular complexity index is 385. The minimum atomic E-state index is 0.291. The molecule has 2 rings (SSSR count). The Morgan fingerprint density at radius 1 is 1.39 bits per heavy atom. The van der Waals surface area contributed by atoms with Crippen LogP contribution in [0.3, 0.4) is 0 Å². The van der Waals surface area contributed by atoms with Crippen LogP contribution in [0.15, 0.2) is 18.3 Å². The smallest absolute Gasteiger partial charge is 0.141 e. The monoisotopic (exact) mass is 249 g/mol. The molecule has 0 spiro atoms. The number of anilines is 2. The van der Waals surface area contributed by atoms with Crippen LogP contribution in [-0.2, 0) is 0 Å². The maximum absolute atomic E-state index is 5.36. The first kappa shape index (κ1) is 13.1. The highest BCUT2D eigenvalue weighted by Gasteiger charge is 2.35. The lowest BCUT2D eigenvalue weighted by molar-refractivity contribution is 0.172. The number of nitrogens with two attached hydrogens (primary N) is 1. The summed E-state index contributed by atoms with van der Waals surface area (Å²) in [6.07, 6.45) is 6.94.